The molecule has 0 fully saturated rings. The number of ketones is 1. The molecule has 1 aromatic heterocycles. The third-order valence-electron chi connectivity index (χ3n) is 4.82. The molecule has 0 aliphatic carbocycles. The van der Waals surface area contributed by atoms with Gasteiger partial charge in [0, 0.05) is 23.7 Å². The number of ether oxygens (including phenoxy) is 3. The average molecular weight is 399 g/mol. The van der Waals surface area contributed by atoms with Crippen molar-refractivity contribution in [2.75, 3.05) is 6.61 Å². The summed E-state index contributed by atoms with van der Waals surface area (Å²) in [5.74, 6) is -1.31. The van der Waals surface area contributed by atoms with E-state index in [0.717, 1.165) is 5.69 Å². The van der Waals surface area contributed by atoms with Crippen LogP contribution in [0.1, 0.15) is 54.9 Å². The SMILES string of the molecule is CCOC(=O)OC(OC(=O)C1CCn2c(C(=O)c3ccccc3)ccc21)C(C)C. The Morgan fingerprint density at radius 2 is 1.79 bits per heavy atom. The average Bonchev–Trinajstić information content (AvgIpc) is 3.29. The molecule has 2 unspecified atom stereocenters. The van der Waals surface area contributed by atoms with Crippen molar-refractivity contribution in [3.8, 4) is 0 Å². The van der Waals surface area contributed by atoms with Crippen molar-refractivity contribution in [1.82, 2.24) is 4.57 Å². The van der Waals surface area contributed by atoms with E-state index in [1.54, 1.807) is 45.0 Å². The van der Waals surface area contributed by atoms with Crippen LogP contribution >= 0.6 is 0 Å². The maximum Gasteiger partial charge on any atom is 0.511 e. The summed E-state index contributed by atoms with van der Waals surface area (Å²) in [6.45, 7) is 5.95. The molecule has 7 heteroatoms. The number of benzene rings is 1. The van der Waals surface area contributed by atoms with Crippen molar-refractivity contribution in [1.29, 1.82) is 0 Å². The first-order chi connectivity index (χ1) is 13.9. The monoisotopic (exact) mass is 399 g/mol. The van der Waals surface area contributed by atoms with E-state index in [2.05, 4.69) is 0 Å². The highest BCUT2D eigenvalue weighted by molar-refractivity contribution is 6.08. The smallest absolute Gasteiger partial charge is 0.435 e. The minimum absolute atomic E-state index is 0.0865. The Kier molecular flexibility index (Phi) is 6.36. The summed E-state index contributed by atoms with van der Waals surface area (Å²) in [4.78, 5) is 37.1. The van der Waals surface area contributed by atoms with E-state index in [1.165, 1.54) is 0 Å². The van der Waals surface area contributed by atoms with Gasteiger partial charge in [0.05, 0.1) is 18.2 Å². The first-order valence-corrected chi connectivity index (χ1v) is 9.75. The molecular formula is C22H25NO6. The quantitative estimate of drug-likeness (QED) is 0.399. The molecule has 1 aliphatic heterocycles. The number of esters is 1. The molecule has 154 valence electrons. The van der Waals surface area contributed by atoms with Crippen molar-refractivity contribution in [2.45, 2.75) is 45.9 Å². The maximum absolute atomic E-state index is 12.8. The molecule has 2 aromatic rings. The van der Waals surface area contributed by atoms with Gasteiger partial charge in [0.1, 0.15) is 0 Å². The lowest BCUT2D eigenvalue weighted by Crippen LogP contribution is -2.31. The van der Waals surface area contributed by atoms with Gasteiger partial charge in [-0.2, -0.15) is 0 Å². The van der Waals surface area contributed by atoms with Crippen molar-refractivity contribution >= 4 is 17.9 Å². The lowest BCUT2D eigenvalue weighted by molar-refractivity contribution is -0.180. The lowest BCUT2D eigenvalue weighted by atomic mass is 10.0. The maximum atomic E-state index is 12.8. The van der Waals surface area contributed by atoms with Crippen molar-refractivity contribution in [3.63, 3.8) is 0 Å². The fourth-order valence-electron chi connectivity index (χ4n) is 3.36. The highest BCUT2D eigenvalue weighted by atomic mass is 16.8. The van der Waals surface area contributed by atoms with E-state index >= 15 is 0 Å². The number of hydrogen-bond donors (Lipinski definition) is 0. The fourth-order valence-corrected chi connectivity index (χ4v) is 3.36. The summed E-state index contributed by atoms with van der Waals surface area (Å²) in [6, 6.07) is 12.5. The summed E-state index contributed by atoms with van der Waals surface area (Å²) in [5.41, 5.74) is 1.87. The number of rotatable bonds is 7. The van der Waals surface area contributed by atoms with Crippen LogP contribution in [-0.4, -0.2) is 35.4 Å². The van der Waals surface area contributed by atoms with Crippen molar-refractivity contribution in [2.24, 2.45) is 5.92 Å². The predicted octanol–water partition coefficient (Wildman–Crippen LogP) is 3.90. The second-order valence-electron chi connectivity index (χ2n) is 7.18. The van der Waals surface area contributed by atoms with Crippen LogP contribution in [0.4, 0.5) is 4.79 Å². The van der Waals surface area contributed by atoms with Crippen LogP contribution in [0, 0.1) is 5.92 Å². The third-order valence-corrected chi connectivity index (χ3v) is 4.82. The highest BCUT2D eigenvalue weighted by Gasteiger charge is 2.35. The zero-order chi connectivity index (χ0) is 21.0. The zero-order valence-electron chi connectivity index (χ0n) is 16.8. The zero-order valence-corrected chi connectivity index (χ0v) is 16.8. The topological polar surface area (TPSA) is 83.8 Å². The van der Waals surface area contributed by atoms with Crippen LogP contribution < -0.4 is 0 Å². The molecular weight excluding hydrogens is 374 g/mol. The van der Waals surface area contributed by atoms with E-state index in [9.17, 15) is 14.4 Å². The van der Waals surface area contributed by atoms with Crippen LogP contribution in [0.15, 0.2) is 42.5 Å². The molecule has 2 atom stereocenters. The Morgan fingerprint density at radius 1 is 1.07 bits per heavy atom. The van der Waals surface area contributed by atoms with Gasteiger partial charge < -0.3 is 18.8 Å². The molecule has 29 heavy (non-hydrogen) atoms. The Morgan fingerprint density at radius 3 is 2.45 bits per heavy atom. The molecule has 0 saturated heterocycles. The standard InChI is InChI=1S/C22H25NO6/c1-4-27-22(26)29-21(14(2)3)28-20(25)16-12-13-23-17(16)10-11-18(23)19(24)15-8-6-5-7-9-15/h5-11,14,16,21H,4,12-13H2,1-3H3. The lowest BCUT2D eigenvalue weighted by Gasteiger charge is -2.22. The van der Waals surface area contributed by atoms with Gasteiger partial charge in [-0.15, -0.1) is 0 Å². The molecule has 1 aromatic carbocycles. The molecule has 7 nitrogen and oxygen atoms in total. The van der Waals surface area contributed by atoms with Gasteiger partial charge in [0.15, 0.2) is 0 Å². The van der Waals surface area contributed by atoms with Gasteiger partial charge in [-0.25, -0.2) is 4.79 Å². The van der Waals surface area contributed by atoms with Crippen LogP contribution in [-0.2, 0) is 25.5 Å². The largest absolute Gasteiger partial charge is 0.511 e. The van der Waals surface area contributed by atoms with E-state index in [1.807, 2.05) is 22.8 Å². The van der Waals surface area contributed by atoms with Crippen molar-refractivity contribution in [3.05, 3.63) is 59.4 Å². The number of nitrogens with zero attached hydrogens (tertiary/aromatic N) is 1. The Hall–Kier alpha value is -3.09. The van der Waals surface area contributed by atoms with Gasteiger partial charge in [-0.05, 0) is 25.5 Å². The Balaban J connectivity index is 1.73. The highest BCUT2D eigenvalue weighted by Crippen LogP contribution is 2.33. The number of aromatic nitrogens is 1. The molecule has 0 radical (unpaired) electrons. The summed E-state index contributed by atoms with van der Waals surface area (Å²) >= 11 is 0. The molecule has 3 rings (SSSR count). The van der Waals surface area contributed by atoms with Crippen LogP contribution in [0.3, 0.4) is 0 Å². The van der Waals surface area contributed by atoms with Gasteiger partial charge in [-0.3, -0.25) is 9.59 Å². The molecule has 2 heterocycles. The van der Waals surface area contributed by atoms with E-state index in [-0.39, 0.29) is 18.3 Å². The summed E-state index contributed by atoms with van der Waals surface area (Å²) in [6.07, 6.45) is -1.38. The van der Waals surface area contributed by atoms with Gasteiger partial charge >= 0.3 is 12.1 Å². The number of fused-ring (bicyclic) bond motifs is 1. The second kappa shape index (κ2) is 8.94. The minimum atomic E-state index is -1.03. The number of hydrogen-bond acceptors (Lipinski definition) is 6. The van der Waals surface area contributed by atoms with E-state index < -0.39 is 24.3 Å². The molecule has 0 bridgehead atoms. The van der Waals surface area contributed by atoms with Gasteiger partial charge in [0.25, 0.3) is 6.29 Å². The molecule has 0 N–H and O–H groups in total. The van der Waals surface area contributed by atoms with Crippen LogP contribution in [0.2, 0.25) is 0 Å². The minimum Gasteiger partial charge on any atom is -0.435 e. The molecule has 1 aliphatic rings. The number of carbonyl (C=O) groups excluding carboxylic acids is 3. The van der Waals surface area contributed by atoms with Gasteiger partial charge in [0.2, 0.25) is 5.78 Å². The first-order valence-electron chi connectivity index (χ1n) is 9.75. The van der Waals surface area contributed by atoms with Crippen LogP contribution in [0.5, 0.6) is 0 Å². The third kappa shape index (κ3) is 4.50. The van der Waals surface area contributed by atoms with Crippen molar-refractivity contribution < 1.29 is 28.6 Å². The Bertz CT molecular complexity index is 886. The Labute approximate surface area is 169 Å². The van der Waals surface area contributed by atoms with Crippen LogP contribution in [0.25, 0.3) is 0 Å². The summed E-state index contributed by atoms with van der Waals surface area (Å²) in [7, 11) is 0. The predicted molar refractivity (Wildman–Crippen MR) is 104 cm³/mol. The second-order valence-corrected chi connectivity index (χ2v) is 7.18. The fraction of sp³-hybridized carbons (Fsp3) is 0.409. The van der Waals surface area contributed by atoms with E-state index in [4.69, 9.17) is 14.2 Å². The van der Waals surface area contributed by atoms with E-state index in [0.29, 0.717) is 24.2 Å². The summed E-state index contributed by atoms with van der Waals surface area (Å²) < 4.78 is 17.2. The van der Waals surface area contributed by atoms with Gasteiger partial charge in [-0.1, -0.05) is 44.2 Å². The molecule has 0 amide bonds. The first kappa shape index (κ1) is 20.6. The normalized spacial score (nSPS) is 16.2. The summed E-state index contributed by atoms with van der Waals surface area (Å²) in [5, 5.41) is 0. The number of carbonyl (C=O) groups is 3. The molecule has 0 saturated carbocycles. The molecule has 0 spiro atoms.